The zero-order valence-corrected chi connectivity index (χ0v) is 11.5. The smallest absolute Gasteiger partial charge is 0.238 e. The summed E-state index contributed by atoms with van der Waals surface area (Å²) in [7, 11) is -3.38. The first kappa shape index (κ1) is 16.1. The van der Waals surface area contributed by atoms with Crippen LogP contribution in [-0.2, 0) is 14.8 Å². The number of rotatable bonds is 8. The van der Waals surface area contributed by atoms with E-state index in [1.54, 1.807) is 6.08 Å². The third-order valence-corrected chi connectivity index (χ3v) is 2.74. The van der Waals surface area contributed by atoms with Crippen molar-refractivity contribution in [3.63, 3.8) is 0 Å². The Morgan fingerprint density at radius 3 is 2.41 bits per heavy atom. The standard InChI is InChI=1S/C11H22N2O3S/c1-5-6-7-12-11(14)10(8-9(2)3)13-17(4,15)16/h5,9-10,13H,1,6-8H2,2-4H3,(H,12,14). The van der Waals surface area contributed by atoms with Crippen molar-refractivity contribution in [1.82, 2.24) is 10.0 Å². The summed E-state index contributed by atoms with van der Waals surface area (Å²) in [6.45, 7) is 7.90. The molecule has 0 saturated heterocycles. The van der Waals surface area contributed by atoms with E-state index >= 15 is 0 Å². The summed E-state index contributed by atoms with van der Waals surface area (Å²) in [5.41, 5.74) is 0. The average molecular weight is 262 g/mol. The van der Waals surface area contributed by atoms with E-state index < -0.39 is 16.1 Å². The first-order valence-corrected chi connectivity index (χ1v) is 7.51. The van der Waals surface area contributed by atoms with Gasteiger partial charge < -0.3 is 5.32 Å². The number of hydrogen-bond donors (Lipinski definition) is 2. The minimum absolute atomic E-state index is 0.236. The number of amides is 1. The van der Waals surface area contributed by atoms with Crippen LogP contribution >= 0.6 is 0 Å². The second-order valence-corrected chi connectivity index (χ2v) is 6.22. The van der Waals surface area contributed by atoms with Crippen molar-refractivity contribution in [2.24, 2.45) is 5.92 Å². The lowest BCUT2D eigenvalue weighted by Gasteiger charge is -2.18. The largest absolute Gasteiger partial charge is 0.354 e. The molecule has 0 heterocycles. The lowest BCUT2D eigenvalue weighted by atomic mass is 10.0. The Kier molecular flexibility index (Phi) is 7.06. The Morgan fingerprint density at radius 2 is 2.00 bits per heavy atom. The lowest BCUT2D eigenvalue weighted by Crippen LogP contribution is -2.47. The summed E-state index contributed by atoms with van der Waals surface area (Å²) in [5, 5.41) is 2.67. The van der Waals surface area contributed by atoms with Crippen LogP contribution in [0.1, 0.15) is 26.7 Å². The molecule has 0 aliphatic heterocycles. The van der Waals surface area contributed by atoms with Crippen LogP contribution in [0.3, 0.4) is 0 Å². The predicted octanol–water partition coefficient (Wildman–Crippen LogP) is 0.643. The molecule has 5 nitrogen and oxygen atoms in total. The second kappa shape index (κ2) is 7.45. The van der Waals surface area contributed by atoms with E-state index in [0.29, 0.717) is 19.4 Å². The zero-order chi connectivity index (χ0) is 13.5. The van der Waals surface area contributed by atoms with Gasteiger partial charge in [0, 0.05) is 6.54 Å². The van der Waals surface area contributed by atoms with Crippen LogP contribution < -0.4 is 10.0 Å². The van der Waals surface area contributed by atoms with Crippen molar-refractivity contribution in [2.75, 3.05) is 12.8 Å². The molecule has 0 aromatic carbocycles. The molecule has 2 N–H and O–H groups in total. The third-order valence-electron chi connectivity index (χ3n) is 2.03. The minimum atomic E-state index is -3.38. The van der Waals surface area contributed by atoms with Crippen LogP contribution in [0.4, 0.5) is 0 Å². The Bertz CT molecular complexity index is 350. The molecule has 0 spiro atoms. The lowest BCUT2D eigenvalue weighted by molar-refractivity contribution is -0.123. The molecular weight excluding hydrogens is 240 g/mol. The summed E-state index contributed by atoms with van der Waals surface area (Å²) < 4.78 is 24.6. The van der Waals surface area contributed by atoms with Crippen molar-refractivity contribution < 1.29 is 13.2 Å². The fraction of sp³-hybridized carbons (Fsp3) is 0.727. The second-order valence-electron chi connectivity index (χ2n) is 4.44. The highest BCUT2D eigenvalue weighted by molar-refractivity contribution is 7.88. The highest BCUT2D eigenvalue weighted by Crippen LogP contribution is 2.05. The Hall–Kier alpha value is -0.880. The molecule has 0 bridgehead atoms. The Balaban J connectivity index is 4.45. The molecule has 6 heteroatoms. The van der Waals surface area contributed by atoms with Crippen LogP contribution in [0.5, 0.6) is 0 Å². The molecule has 17 heavy (non-hydrogen) atoms. The van der Waals surface area contributed by atoms with Gasteiger partial charge >= 0.3 is 0 Å². The fourth-order valence-electron chi connectivity index (χ4n) is 1.36. The number of carbonyl (C=O) groups is 1. The van der Waals surface area contributed by atoms with E-state index in [1.807, 2.05) is 13.8 Å². The predicted molar refractivity (Wildman–Crippen MR) is 69.0 cm³/mol. The van der Waals surface area contributed by atoms with Gasteiger partial charge in [0.2, 0.25) is 15.9 Å². The molecule has 0 aromatic rings. The van der Waals surface area contributed by atoms with Crippen LogP contribution in [0.25, 0.3) is 0 Å². The average Bonchev–Trinajstić information content (AvgIpc) is 2.14. The molecule has 1 atom stereocenters. The Morgan fingerprint density at radius 1 is 1.41 bits per heavy atom. The molecule has 1 unspecified atom stereocenters. The van der Waals surface area contributed by atoms with Gasteiger partial charge in [-0.3, -0.25) is 4.79 Å². The van der Waals surface area contributed by atoms with E-state index in [2.05, 4.69) is 16.6 Å². The van der Waals surface area contributed by atoms with Gasteiger partial charge in [-0.1, -0.05) is 19.9 Å². The van der Waals surface area contributed by atoms with Gasteiger partial charge in [-0.25, -0.2) is 13.1 Å². The van der Waals surface area contributed by atoms with Gasteiger partial charge in [0.05, 0.1) is 6.26 Å². The van der Waals surface area contributed by atoms with Crippen molar-refractivity contribution in [3.05, 3.63) is 12.7 Å². The summed E-state index contributed by atoms with van der Waals surface area (Å²) in [4.78, 5) is 11.8. The van der Waals surface area contributed by atoms with Crippen molar-refractivity contribution >= 4 is 15.9 Å². The van der Waals surface area contributed by atoms with Crippen LogP contribution in [-0.4, -0.2) is 33.2 Å². The number of sulfonamides is 1. The summed E-state index contributed by atoms with van der Waals surface area (Å²) >= 11 is 0. The van der Waals surface area contributed by atoms with Gasteiger partial charge in [-0.15, -0.1) is 6.58 Å². The van der Waals surface area contributed by atoms with Crippen molar-refractivity contribution in [2.45, 2.75) is 32.7 Å². The van der Waals surface area contributed by atoms with E-state index in [0.717, 1.165) is 6.26 Å². The molecule has 0 fully saturated rings. The van der Waals surface area contributed by atoms with Gasteiger partial charge in [-0.2, -0.15) is 0 Å². The van der Waals surface area contributed by atoms with Gasteiger partial charge in [0.15, 0.2) is 0 Å². The molecule has 0 radical (unpaired) electrons. The highest BCUT2D eigenvalue weighted by atomic mass is 32.2. The van der Waals surface area contributed by atoms with E-state index in [1.165, 1.54) is 0 Å². The van der Waals surface area contributed by atoms with E-state index in [9.17, 15) is 13.2 Å². The van der Waals surface area contributed by atoms with Crippen molar-refractivity contribution in [3.8, 4) is 0 Å². The molecule has 0 aliphatic carbocycles. The molecule has 0 aliphatic rings. The Labute approximate surface area is 104 Å². The van der Waals surface area contributed by atoms with Gasteiger partial charge in [-0.05, 0) is 18.8 Å². The zero-order valence-electron chi connectivity index (χ0n) is 10.7. The first-order chi connectivity index (χ1) is 7.76. The van der Waals surface area contributed by atoms with E-state index in [-0.39, 0.29) is 11.8 Å². The summed E-state index contributed by atoms with van der Waals surface area (Å²) in [5.74, 6) is -0.0506. The highest BCUT2D eigenvalue weighted by Gasteiger charge is 2.22. The monoisotopic (exact) mass is 262 g/mol. The third kappa shape index (κ3) is 8.88. The van der Waals surface area contributed by atoms with Gasteiger partial charge in [0.1, 0.15) is 6.04 Å². The quantitative estimate of drug-likeness (QED) is 0.498. The summed E-state index contributed by atoms with van der Waals surface area (Å²) in [6, 6.07) is -0.699. The van der Waals surface area contributed by atoms with E-state index in [4.69, 9.17) is 0 Å². The molecular formula is C11H22N2O3S. The number of hydrogen-bond acceptors (Lipinski definition) is 3. The van der Waals surface area contributed by atoms with Crippen LogP contribution in [0, 0.1) is 5.92 Å². The molecule has 0 saturated carbocycles. The fourth-order valence-corrected chi connectivity index (χ4v) is 2.08. The number of nitrogens with one attached hydrogen (secondary N) is 2. The molecule has 0 rings (SSSR count). The topological polar surface area (TPSA) is 75.3 Å². The first-order valence-electron chi connectivity index (χ1n) is 5.62. The maximum absolute atomic E-state index is 11.8. The van der Waals surface area contributed by atoms with Gasteiger partial charge in [0.25, 0.3) is 0 Å². The van der Waals surface area contributed by atoms with Crippen LogP contribution in [0.15, 0.2) is 12.7 Å². The maximum atomic E-state index is 11.8. The maximum Gasteiger partial charge on any atom is 0.238 e. The molecule has 0 aromatic heterocycles. The molecule has 1 amide bonds. The summed E-state index contributed by atoms with van der Waals surface area (Å²) in [6.07, 6.45) is 3.89. The SMILES string of the molecule is C=CCCNC(=O)C(CC(C)C)NS(C)(=O)=O. The van der Waals surface area contributed by atoms with Crippen molar-refractivity contribution in [1.29, 1.82) is 0 Å². The minimum Gasteiger partial charge on any atom is -0.354 e. The van der Waals surface area contributed by atoms with Crippen LogP contribution in [0.2, 0.25) is 0 Å². The number of carbonyl (C=O) groups excluding carboxylic acids is 1. The normalized spacial score (nSPS) is 13.4. The molecule has 100 valence electrons.